The molecule has 0 spiro atoms. The maximum absolute atomic E-state index is 12.2. The maximum atomic E-state index is 12.2. The van der Waals surface area contributed by atoms with Gasteiger partial charge in [-0.05, 0) is 17.7 Å². The van der Waals surface area contributed by atoms with Crippen molar-refractivity contribution in [2.24, 2.45) is 0 Å². The van der Waals surface area contributed by atoms with Gasteiger partial charge in [-0.25, -0.2) is 0 Å². The first kappa shape index (κ1) is 15.4. The van der Waals surface area contributed by atoms with Gasteiger partial charge in [-0.3, -0.25) is 9.59 Å². The van der Waals surface area contributed by atoms with Crippen molar-refractivity contribution >= 4 is 22.9 Å². The molecule has 6 heteroatoms. The Morgan fingerprint density at radius 3 is 3.05 bits per heavy atom. The molecule has 2 rings (SSSR count). The Hall–Kier alpha value is -1.97. The zero-order valence-corrected chi connectivity index (χ0v) is 12.4. The minimum Gasteiger partial charge on any atom is -0.384 e. The number of likely N-dealkylation sites (N-methyl/N-ethyl adjacent to an activating group) is 1. The molecule has 1 aliphatic heterocycles. The van der Waals surface area contributed by atoms with Crippen LogP contribution in [0.15, 0.2) is 24.3 Å². The number of benzene rings is 1. The van der Waals surface area contributed by atoms with E-state index in [0.29, 0.717) is 12.3 Å². The molecule has 1 aromatic carbocycles. The summed E-state index contributed by atoms with van der Waals surface area (Å²) >= 11 is 1.13. The third-order valence-electron chi connectivity index (χ3n) is 3.01. The first-order valence-electron chi connectivity index (χ1n) is 6.47. The number of nitrogens with one attached hydrogen (secondary N) is 1. The molecule has 0 aliphatic carbocycles. The molecule has 1 saturated heterocycles. The van der Waals surface area contributed by atoms with Crippen LogP contribution in [0.25, 0.3) is 0 Å². The largest absolute Gasteiger partial charge is 0.384 e. The van der Waals surface area contributed by atoms with Gasteiger partial charge >= 0.3 is 0 Å². The van der Waals surface area contributed by atoms with Crippen LogP contribution in [0.2, 0.25) is 0 Å². The van der Waals surface area contributed by atoms with E-state index < -0.39 is 6.04 Å². The third-order valence-corrected chi connectivity index (χ3v) is 3.89. The van der Waals surface area contributed by atoms with Gasteiger partial charge in [0.2, 0.25) is 5.91 Å². The third kappa shape index (κ3) is 4.25. The smallest absolute Gasteiger partial charge is 0.279 e. The Balaban J connectivity index is 2.00. The molecule has 0 aromatic heterocycles. The van der Waals surface area contributed by atoms with Crippen LogP contribution in [0.4, 0.5) is 4.79 Å². The van der Waals surface area contributed by atoms with Crippen LogP contribution in [0.1, 0.15) is 11.1 Å². The monoisotopic (exact) mass is 304 g/mol. The molecule has 1 aromatic rings. The van der Waals surface area contributed by atoms with Crippen molar-refractivity contribution in [3.8, 4) is 11.8 Å². The van der Waals surface area contributed by atoms with Gasteiger partial charge in [0.1, 0.15) is 12.6 Å². The van der Waals surface area contributed by atoms with E-state index >= 15 is 0 Å². The van der Waals surface area contributed by atoms with Gasteiger partial charge in [-0.15, -0.1) is 0 Å². The first-order valence-corrected chi connectivity index (χ1v) is 7.45. The minimum atomic E-state index is -0.440. The van der Waals surface area contributed by atoms with E-state index in [1.165, 1.54) is 0 Å². The van der Waals surface area contributed by atoms with Crippen molar-refractivity contribution in [3.05, 3.63) is 35.4 Å². The average molecular weight is 304 g/mol. The Labute approximate surface area is 127 Å². The van der Waals surface area contributed by atoms with E-state index in [4.69, 9.17) is 5.11 Å². The lowest BCUT2D eigenvalue weighted by Crippen LogP contribution is -2.43. The van der Waals surface area contributed by atoms with Crippen LogP contribution in [0.5, 0.6) is 0 Å². The van der Waals surface area contributed by atoms with E-state index in [-0.39, 0.29) is 17.8 Å². The summed E-state index contributed by atoms with van der Waals surface area (Å²) in [7, 11) is 1.71. The number of amides is 2. The van der Waals surface area contributed by atoms with E-state index in [2.05, 4.69) is 17.2 Å². The van der Waals surface area contributed by atoms with Crippen molar-refractivity contribution in [3.63, 3.8) is 0 Å². The fourth-order valence-corrected chi connectivity index (χ4v) is 2.79. The van der Waals surface area contributed by atoms with Gasteiger partial charge in [0.15, 0.2) is 0 Å². The van der Waals surface area contributed by atoms with E-state index in [9.17, 15) is 9.59 Å². The molecule has 0 radical (unpaired) electrons. The lowest BCUT2D eigenvalue weighted by atomic mass is 10.1. The number of hydrogen-bond donors (Lipinski definition) is 2. The number of nitrogens with zero attached hydrogens (tertiary/aromatic N) is 1. The molecule has 2 N–H and O–H groups in total. The molecule has 1 fully saturated rings. The molecule has 1 atom stereocenters. The number of carbonyl (C=O) groups is 2. The summed E-state index contributed by atoms with van der Waals surface area (Å²) in [6.07, 6.45) is 0. The van der Waals surface area contributed by atoms with Gasteiger partial charge in [0, 0.05) is 24.9 Å². The van der Waals surface area contributed by atoms with E-state index in [0.717, 1.165) is 22.9 Å². The highest BCUT2D eigenvalue weighted by Crippen LogP contribution is 2.15. The van der Waals surface area contributed by atoms with E-state index in [1.54, 1.807) is 11.9 Å². The molecular weight excluding hydrogens is 288 g/mol. The van der Waals surface area contributed by atoms with Crippen molar-refractivity contribution in [1.82, 2.24) is 10.2 Å². The van der Waals surface area contributed by atoms with Crippen molar-refractivity contribution in [2.45, 2.75) is 12.6 Å². The Morgan fingerprint density at radius 1 is 1.57 bits per heavy atom. The molecule has 0 bridgehead atoms. The van der Waals surface area contributed by atoms with Crippen LogP contribution in [0, 0.1) is 11.8 Å². The molecular formula is C15H16N2O3S. The van der Waals surface area contributed by atoms with Crippen molar-refractivity contribution in [1.29, 1.82) is 0 Å². The quantitative estimate of drug-likeness (QED) is 0.811. The Bertz CT molecular complexity index is 606. The fourth-order valence-electron chi connectivity index (χ4n) is 2.02. The number of aliphatic hydroxyl groups is 1. The number of carbonyl (C=O) groups excluding carboxylic acids is 2. The molecule has 1 unspecified atom stereocenters. The number of hydrogen-bond acceptors (Lipinski definition) is 4. The van der Waals surface area contributed by atoms with Crippen molar-refractivity contribution < 1.29 is 14.7 Å². The zero-order valence-electron chi connectivity index (χ0n) is 11.6. The van der Waals surface area contributed by atoms with Crippen LogP contribution in [-0.4, -0.2) is 46.6 Å². The summed E-state index contributed by atoms with van der Waals surface area (Å²) in [6.45, 7) is 0.270. The van der Waals surface area contributed by atoms with Gasteiger partial charge in [0.05, 0.1) is 0 Å². The SMILES string of the molecule is CN(Cc1cccc(C#CCO)c1)C(=O)C1CSC(=O)N1. The number of aliphatic hydroxyl groups excluding tert-OH is 1. The van der Waals surface area contributed by atoms with Gasteiger partial charge in [0.25, 0.3) is 5.24 Å². The Kier molecular flexibility index (Phi) is 5.26. The topological polar surface area (TPSA) is 69.6 Å². The normalized spacial score (nSPS) is 16.9. The highest BCUT2D eigenvalue weighted by atomic mass is 32.2. The zero-order chi connectivity index (χ0) is 15.2. The summed E-state index contributed by atoms with van der Waals surface area (Å²) < 4.78 is 0. The Morgan fingerprint density at radius 2 is 2.38 bits per heavy atom. The summed E-state index contributed by atoms with van der Waals surface area (Å²) in [5.41, 5.74) is 1.75. The molecule has 5 nitrogen and oxygen atoms in total. The standard InChI is InChI=1S/C15H16N2O3S/c1-17(14(19)13-10-21-15(20)16-13)9-12-5-2-4-11(8-12)6-3-7-18/h2,4-5,8,13,18H,7,9-10H2,1H3,(H,16,20). The van der Waals surface area contributed by atoms with Gasteiger partial charge in [-0.1, -0.05) is 35.7 Å². The summed E-state index contributed by atoms with van der Waals surface area (Å²) in [5, 5.41) is 11.2. The number of rotatable bonds is 3. The predicted octanol–water partition coefficient (Wildman–Crippen LogP) is 0.814. The molecule has 1 aliphatic rings. The number of thioether (sulfide) groups is 1. The average Bonchev–Trinajstić information content (AvgIpc) is 2.91. The lowest BCUT2D eigenvalue weighted by Gasteiger charge is -2.20. The van der Waals surface area contributed by atoms with E-state index in [1.807, 2.05) is 24.3 Å². The molecule has 1 heterocycles. The fraction of sp³-hybridized carbons (Fsp3) is 0.333. The lowest BCUT2D eigenvalue weighted by molar-refractivity contribution is -0.131. The summed E-state index contributed by atoms with van der Waals surface area (Å²) in [6, 6.07) is 7.07. The second-order valence-corrected chi connectivity index (χ2v) is 5.64. The first-order chi connectivity index (χ1) is 10.1. The second-order valence-electron chi connectivity index (χ2n) is 4.65. The van der Waals surface area contributed by atoms with Crippen molar-refractivity contribution in [2.75, 3.05) is 19.4 Å². The molecule has 2 amide bonds. The molecule has 0 saturated carbocycles. The highest BCUT2D eigenvalue weighted by molar-refractivity contribution is 8.14. The summed E-state index contributed by atoms with van der Waals surface area (Å²) in [4.78, 5) is 24.9. The van der Waals surface area contributed by atoms with Gasteiger partial charge in [-0.2, -0.15) is 0 Å². The molecule has 110 valence electrons. The second kappa shape index (κ2) is 7.16. The summed E-state index contributed by atoms with van der Waals surface area (Å²) in [5.74, 6) is 5.81. The van der Waals surface area contributed by atoms with Crippen LogP contribution < -0.4 is 5.32 Å². The minimum absolute atomic E-state index is 0.0970. The van der Waals surface area contributed by atoms with Crippen LogP contribution in [0.3, 0.4) is 0 Å². The van der Waals surface area contributed by atoms with Crippen LogP contribution >= 0.6 is 11.8 Å². The predicted molar refractivity (Wildman–Crippen MR) is 81.7 cm³/mol. The van der Waals surface area contributed by atoms with Crippen LogP contribution in [-0.2, 0) is 11.3 Å². The highest BCUT2D eigenvalue weighted by Gasteiger charge is 2.30. The molecule has 21 heavy (non-hydrogen) atoms. The van der Waals surface area contributed by atoms with Gasteiger partial charge < -0.3 is 15.3 Å². The maximum Gasteiger partial charge on any atom is 0.279 e.